The lowest BCUT2D eigenvalue weighted by Crippen LogP contribution is -2.42. The number of urea groups is 1. The Kier molecular flexibility index (Phi) is 5.69. The zero-order chi connectivity index (χ0) is 21.2. The van der Waals surface area contributed by atoms with Gasteiger partial charge in [0.25, 0.3) is 5.91 Å². The van der Waals surface area contributed by atoms with Gasteiger partial charge in [-0.1, -0.05) is 34.1 Å². The van der Waals surface area contributed by atoms with E-state index in [2.05, 4.69) is 31.9 Å². The number of hydrogen-bond acceptors (Lipinski definition) is 4. The van der Waals surface area contributed by atoms with Gasteiger partial charge >= 0.3 is 6.03 Å². The van der Waals surface area contributed by atoms with Gasteiger partial charge in [0, 0.05) is 28.3 Å². The van der Waals surface area contributed by atoms with Crippen LogP contribution in [-0.4, -0.2) is 35.2 Å². The Morgan fingerprint density at radius 3 is 2.21 bits per heavy atom. The molecule has 1 unspecified atom stereocenters. The number of benzene rings is 2. The summed E-state index contributed by atoms with van der Waals surface area (Å²) in [4.78, 5) is 49.6. The van der Waals surface area contributed by atoms with Crippen LogP contribution in [0.2, 0.25) is 0 Å². The Morgan fingerprint density at radius 2 is 1.62 bits per heavy atom. The molecule has 2 aromatic carbocycles. The van der Waals surface area contributed by atoms with Gasteiger partial charge in [-0.25, -0.2) is 4.79 Å². The summed E-state index contributed by atoms with van der Waals surface area (Å²) < 4.78 is 0.682. The first-order valence-electron chi connectivity index (χ1n) is 8.77. The molecule has 1 aliphatic rings. The average molecular weight is 459 g/mol. The SMILES string of the molecule is CC(=O)Nc1ccc(NC(=O)CN2C(=O)NC(C)(c3ccccc3Br)C2=O)cc1. The standard InChI is InChI=1S/C20H19BrN4O4/c1-12(26)22-13-7-9-14(10-8-13)23-17(27)11-25-18(28)20(2,24-19(25)29)15-5-3-4-6-16(15)21/h3-10H,11H2,1-2H3,(H,22,26)(H,23,27)(H,24,29). The predicted molar refractivity (Wildman–Crippen MR) is 111 cm³/mol. The first kappa shape index (κ1) is 20.5. The lowest BCUT2D eigenvalue weighted by Gasteiger charge is -2.23. The Balaban J connectivity index is 1.69. The summed E-state index contributed by atoms with van der Waals surface area (Å²) in [6.45, 7) is 2.58. The maximum absolute atomic E-state index is 12.9. The Hall–Kier alpha value is -3.20. The zero-order valence-electron chi connectivity index (χ0n) is 15.8. The van der Waals surface area contributed by atoms with Crippen molar-refractivity contribution in [3.05, 3.63) is 58.6 Å². The van der Waals surface area contributed by atoms with Crippen molar-refractivity contribution in [2.75, 3.05) is 17.2 Å². The van der Waals surface area contributed by atoms with Gasteiger partial charge in [0.2, 0.25) is 11.8 Å². The predicted octanol–water partition coefficient (Wildman–Crippen LogP) is 2.81. The van der Waals surface area contributed by atoms with Crippen molar-refractivity contribution >= 4 is 51.1 Å². The van der Waals surface area contributed by atoms with E-state index in [-0.39, 0.29) is 5.91 Å². The largest absolute Gasteiger partial charge is 0.326 e. The van der Waals surface area contributed by atoms with Gasteiger partial charge in [-0.3, -0.25) is 19.3 Å². The first-order valence-corrected chi connectivity index (χ1v) is 9.56. The van der Waals surface area contributed by atoms with Crippen LogP contribution in [0, 0.1) is 0 Å². The fourth-order valence-electron chi connectivity index (χ4n) is 3.07. The quantitative estimate of drug-likeness (QED) is 0.598. The van der Waals surface area contributed by atoms with Gasteiger partial charge in [0.15, 0.2) is 0 Å². The Morgan fingerprint density at radius 1 is 1.03 bits per heavy atom. The molecule has 1 saturated heterocycles. The van der Waals surface area contributed by atoms with Crippen molar-refractivity contribution in [1.29, 1.82) is 0 Å². The third-order valence-corrected chi connectivity index (χ3v) is 5.17. The maximum atomic E-state index is 12.9. The number of carbonyl (C=O) groups excluding carboxylic acids is 4. The number of nitrogens with one attached hydrogen (secondary N) is 3. The topological polar surface area (TPSA) is 108 Å². The van der Waals surface area contributed by atoms with Crippen LogP contribution < -0.4 is 16.0 Å². The minimum absolute atomic E-state index is 0.201. The molecule has 0 spiro atoms. The number of anilines is 2. The molecule has 0 aliphatic carbocycles. The van der Waals surface area contributed by atoms with Crippen LogP contribution in [0.1, 0.15) is 19.4 Å². The summed E-state index contributed by atoms with van der Waals surface area (Å²) in [6.07, 6.45) is 0. The second-order valence-corrected chi connectivity index (χ2v) is 7.59. The fourth-order valence-corrected chi connectivity index (χ4v) is 3.76. The van der Waals surface area contributed by atoms with Gasteiger partial charge in [0.1, 0.15) is 12.1 Å². The third kappa shape index (κ3) is 4.29. The van der Waals surface area contributed by atoms with E-state index in [1.54, 1.807) is 55.5 Å². The molecule has 0 bridgehead atoms. The Labute approximate surface area is 175 Å². The van der Waals surface area contributed by atoms with Crippen molar-refractivity contribution < 1.29 is 19.2 Å². The number of hydrogen-bond donors (Lipinski definition) is 3. The second-order valence-electron chi connectivity index (χ2n) is 6.73. The summed E-state index contributed by atoms with van der Waals surface area (Å²) in [5.74, 6) is -1.23. The lowest BCUT2D eigenvalue weighted by molar-refractivity contribution is -0.133. The van der Waals surface area contributed by atoms with Crippen LogP contribution in [-0.2, 0) is 19.9 Å². The average Bonchev–Trinajstić information content (AvgIpc) is 2.87. The summed E-state index contributed by atoms with van der Waals surface area (Å²) in [6, 6.07) is 12.9. The van der Waals surface area contributed by atoms with Crippen molar-refractivity contribution in [3.8, 4) is 0 Å². The van der Waals surface area contributed by atoms with E-state index in [0.717, 1.165) is 4.90 Å². The van der Waals surface area contributed by atoms with Crippen LogP contribution in [0.5, 0.6) is 0 Å². The Bertz CT molecular complexity index is 992. The first-order chi connectivity index (χ1) is 13.7. The van der Waals surface area contributed by atoms with Crippen molar-refractivity contribution in [2.24, 2.45) is 0 Å². The number of rotatable bonds is 5. The number of amides is 5. The summed E-state index contributed by atoms with van der Waals surface area (Å²) in [5, 5.41) is 7.93. The van der Waals surface area contributed by atoms with Crippen LogP contribution >= 0.6 is 15.9 Å². The normalized spacial score (nSPS) is 18.4. The van der Waals surface area contributed by atoms with Crippen molar-refractivity contribution in [1.82, 2.24) is 10.2 Å². The smallest absolute Gasteiger partial charge is 0.325 e. The van der Waals surface area contributed by atoms with Gasteiger partial charge in [-0.15, -0.1) is 0 Å². The zero-order valence-corrected chi connectivity index (χ0v) is 17.4. The van der Waals surface area contributed by atoms with Crippen molar-refractivity contribution in [2.45, 2.75) is 19.4 Å². The second kappa shape index (κ2) is 8.04. The van der Waals surface area contributed by atoms with E-state index in [1.807, 2.05) is 0 Å². The molecule has 2 aromatic rings. The maximum Gasteiger partial charge on any atom is 0.325 e. The molecule has 8 nitrogen and oxygen atoms in total. The number of imide groups is 1. The van der Waals surface area contributed by atoms with Crippen LogP contribution in [0.25, 0.3) is 0 Å². The molecule has 5 amide bonds. The molecule has 1 aliphatic heterocycles. The highest BCUT2D eigenvalue weighted by Crippen LogP contribution is 2.33. The van der Waals surface area contributed by atoms with E-state index >= 15 is 0 Å². The number of halogens is 1. The third-order valence-electron chi connectivity index (χ3n) is 4.48. The molecular formula is C20H19BrN4O4. The summed E-state index contributed by atoms with van der Waals surface area (Å²) in [5.41, 5.74) is 0.408. The molecule has 1 atom stereocenters. The van der Waals surface area contributed by atoms with E-state index in [4.69, 9.17) is 0 Å². The van der Waals surface area contributed by atoms with E-state index in [1.165, 1.54) is 6.92 Å². The highest BCUT2D eigenvalue weighted by Gasteiger charge is 2.50. The molecule has 0 radical (unpaired) electrons. The highest BCUT2D eigenvalue weighted by molar-refractivity contribution is 9.10. The highest BCUT2D eigenvalue weighted by atomic mass is 79.9. The monoisotopic (exact) mass is 458 g/mol. The molecule has 3 rings (SSSR count). The number of nitrogens with zero attached hydrogens (tertiary/aromatic N) is 1. The molecule has 3 N–H and O–H groups in total. The summed E-state index contributed by atoms with van der Waals surface area (Å²) in [7, 11) is 0. The van der Waals surface area contributed by atoms with Crippen LogP contribution in [0.15, 0.2) is 53.0 Å². The number of carbonyl (C=O) groups is 4. The van der Waals surface area contributed by atoms with E-state index < -0.39 is 29.9 Å². The molecule has 0 saturated carbocycles. The molecule has 9 heteroatoms. The molecule has 150 valence electrons. The minimum atomic E-state index is -1.27. The molecule has 29 heavy (non-hydrogen) atoms. The van der Waals surface area contributed by atoms with Gasteiger partial charge in [0.05, 0.1) is 0 Å². The van der Waals surface area contributed by atoms with E-state index in [9.17, 15) is 19.2 Å². The van der Waals surface area contributed by atoms with Crippen molar-refractivity contribution in [3.63, 3.8) is 0 Å². The summed E-state index contributed by atoms with van der Waals surface area (Å²) >= 11 is 3.40. The molecule has 1 fully saturated rings. The van der Waals surface area contributed by atoms with Crippen LogP contribution in [0.3, 0.4) is 0 Å². The van der Waals surface area contributed by atoms with Crippen LogP contribution in [0.4, 0.5) is 16.2 Å². The van der Waals surface area contributed by atoms with Gasteiger partial charge in [-0.05, 0) is 37.3 Å². The molecule has 1 heterocycles. The molecular weight excluding hydrogens is 440 g/mol. The fraction of sp³-hybridized carbons (Fsp3) is 0.200. The minimum Gasteiger partial charge on any atom is -0.326 e. The van der Waals surface area contributed by atoms with E-state index in [0.29, 0.717) is 21.4 Å². The lowest BCUT2D eigenvalue weighted by atomic mass is 9.92. The molecule has 0 aromatic heterocycles. The van der Waals surface area contributed by atoms with Gasteiger partial charge in [-0.2, -0.15) is 0 Å². The van der Waals surface area contributed by atoms with Gasteiger partial charge < -0.3 is 16.0 Å².